The maximum absolute atomic E-state index is 13.0. The monoisotopic (exact) mass is 515 g/mol. The van der Waals surface area contributed by atoms with Gasteiger partial charge in [-0.2, -0.15) is 0 Å². The fourth-order valence-corrected chi connectivity index (χ4v) is 3.60. The lowest BCUT2D eigenvalue weighted by Crippen LogP contribution is -2.41. The van der Waals surface area contributed by atoms with Crippen LogP contribution in [0, 0.1) is 0 Å². The molecule has 3 rings (SSSR count). The van der Waals surface area contributed by atoms with Crippen LogP contribution < -0.4 is 16.6 Å². The van der Waals surface area contributed by atoms with Gasteiger partial charge < -0.3 is 10.4 Å². The number of thiol groups is 1. The standard InChI is InChI=1S/C23H22BrN3O4S/c1-26-21(32)19(3-2-12-25-13-15-6-10-18(24)11-7-15)20(28)27(23(26)31)14-16-4-8-17(9-5-16)22(29)30/h2-11,25,32H,12-14H2,1H3,(H,29,30)/b3-2+. The van der Waals surface area contributed by atoms with Crippen LogP contribution in [0.15, 0.2) is 73.7 Å². The van der Waals surface area contributed by atoms with Crippen LogP contribution in [-0.2, 0) is 20.1 Å². The van der Waals surface area contributed by atoms with Gasteiger partial charge in [-0.1, -0.05) is 46.3 Å². The Morgan fingerprint density at radius 1 is 1.09 bits per heavy atom. The van der Waals surface area contributed by atoms with E-state index in [9.17, 15) is 14.4 Å². The molecule has 7 nitrogen and oxygen atoms in total. The average Bonchev–Trinajstić information content (AvgIpc) is 2.78. The molecule has 0 saturated carbocycles. The van der Waals surface area contributed by atoms with E-state index in [1.54, 1.807) is 25.3 Å². The third-order valence-corrected chi connectivity index (χ3v) is 5.95. The summed E-state index contributed by atoms with van der Waals surface area (Å²) in [4.78, 5) is 36.6. The van der Waals surface area contributed by atoms with E-state index in [4.69, 9.17) is 5.11 Å². The minimum absolute atomic E-state index is 0.0299. The molecule has 2 aromatic carbocycles. The van der Waals surface area contributed by atoms with Crippen molar-refractivity contribution in [3.63, 3.8) is 0 Å². The van der Waals surface area contributed by atoms with Crippen LogP contribution >= 0.6 is 28.6 Å². The second kappa shape index (κ2) is 10.6. The minimum atomic E-state index is -1.04. The van der Waals surface area contributed by atoms with Crippen molar-refractivity contribution in [3.05, 3.63) is 102 Å². The number of carboxylic acids is 1. The van der Waals surface area contributed by atoms with Gasteiger partial charge in [0.25, 0.3) is 5.56 Å². The second-order valence-corrected chi connectivity index (χ2v) is 8.47. The number of rotatable bonds is 8. The van der Waals surface area contributed by atoms with Gasteiger partial charge in [-0.05, 0) is 41.5 Å². The molecule has 0 bridgehead atoms. The summed E-state index contributed by atoms with van der Waals surface area (Å²) in [5.74, 6) is -1.04. The van der Waals surface area contributed by atoms with Gasteiger partial charge in [0.15, 0.2) is 0 Å². The van der Waals surface area contributed by atoms with E-state index in [1.807, 2.05) is 30.3 Å². The maximum atomic E-state index is 13.0. The molecule has 0 amide bonds. The average molecular weight is 516 g/mol. The van der Waals surface area contributed by atoms with E-state index in [2.05, 4.69) is 33.9 Å². The molecule has 2 N–H and O–H groups in total. The molecule has 3 aromatic rings. The second-order valence-electron chi connectivity index (χ2n) is 7.13. The Kier molecular flexibility index (Phi) is 7.89. The highest BCUT2D eigenvalue weighted by Crippen LogP contribution is 2.11. The third kappa shape index (κ3) is 5.67. The van der Waals surface area contributed by atoms with Crippen LogP contribution in [0.1, 0.15) is 27.0 Å². The van der Waals surface area contributed by atoms with Crippen LogP contribution in [0.5, 0.6) is 0 Å². The molecule has 0 atom stereocenters. The summed E-state index contributed by atoms with van der Waals surface area (Å²) in [5.41, 5.74) is 1.28. The van der Waals surface area contributed by atoms with Gasteiger partial charge in [-0.15, -0.1) is 12.6 Å². The molecule has 0 spiro atoms. The number of hydrogen-bond donors (Lipinski definition) is 3. The first-order chi connectivity index (χ1) is 15.3. The topological polar surface area (TPSA) is 93.3 Å². The number of hydrogen-bond acceptors (Lipinski definition) is 5. The Balaban J connectivity index is 1.77. The zero-order valence-corrected chi connectivity index (χ0v) is 19.8. The van der Waals surface area contributed by atoms with Crippen LogP contribution in [0.25, 0.3) is 6.08 Å². The summed E-state index contributed by atoms with van der Waals surface area (Å²) >= 11 is 7.77. The molecule has 1 heterocycles. The van der Waals surface area contributed by atoms with Gasteiger partial charge in [0.1, 0.15) is 0 Å². The highest BCUT2D eigenvalue weighted by atomic mass is 79.9. The van der Waals surface area contributed by atoms with Crippen molar-refractivity contribution in [2.45, 2.75) is 18.1 Å². The van der Waals surface area contributed by atoms with Crippen molar-refractivity contribution in [2.24, 2.45) is 7.05 Å². The number of nitrogens with one attached hydrogen (secondary N) is 1. The molecule has 0 fully saturated rings. The summed E-state index contributed by atoms with van der Waals surface area (Å²) in [7, 11) is 1.55. The van der Waals surface area contributed by atoms with Crippen LogP contribution in [0.3, 0.4) is 0 Å². The first kappa shape index (κ1) is 23.8. The molecule has 0 unspecified atom stereocenters. The predicted molar refractivity (Wildman–Crippen MR) is 131 cm³/mol. The normalized spacial score (nSPS) is 11.2. The van der Waals surface area contributed by atoms with Gasteiger partial charge in [-0.3, -0.25) is 13.9 Å². The van der Waals surface area contributed by atoms with E-state index < -0.39 is 17.2 Å². The van der Waals surface area contributed by atoms with Crippen LogP contribution in [-0.4, -0.2) is 26.8 Å². The van der Waals surface area contributed by atoms with Gasteiger partial charge in [0.2, 0.25) is 0 Å². The van der Waals surface area contributed by atoms with Gasteiger partial charge in [0, 0.05) is 24.6 Å². The number of benzene rings is 2. The molecule has 166 valence electrons. The van der Waals surface area contributed by atoms with E-state index in [1.165, 1.54) is 16.7 Å². The molecule has 0 aliphatic heterocycles. The van der Waals surface area contributed by atoms with Crippen molar-refractivity contribution >= 4 is 40.6 Å². The van der Waals surface area contributed by atoms with Crippen molar-refractivity contribution in [1.82, 2.24) is 14.5 Å². The highest BCUT2D eigenvalue weighted by Gasteiger charge is 2.14. The molecular formula is C23H22BrN3O4S. The number of nitrogens with zero attached hydrogens (tertiary/aromatic N) is 2. The largest absolute Gasteiger partial charge is 0.478 e. The maximum Gasteiger partial charge on any atom is 0.335 e. The Morgan fingerprint density at radius 2 is 1.72 bits per heavy atom. The molecule has 32 heavy (non-hydrogen) atoms. The summed E-state index contributed by atoms with van der Waals surface area (Å²) in [6.07, 6.45) is 3.47. The highest BCUT2D eigenvalue weighted by molar-refractivity contribution is 9.10. The quantitative estimate of drug-likeness (QED) is 0.243. The Bertz CT molecular complexity index is 1260. The lowest BCUT2D eigenvalue weighted by atomic mass is 10.1. The summed E-state index contributed by atoms with van der Waals surface area (Å²) in [6.45, 7) is 1.24. The number of carbonyl (C=O) groups is 1. The lowest BCUT2D eigenvalue weighted by Gasteiger charge is -2.12. The van der Waals surface area contributed by atoms with Gasteiger partial charge in [0.05, 0.1) is 22.7 Å². The molecule has 1 aromatic heterocycles. The molecule has 0 saturated heterocycles. The van der Waals surface area contributed by atoms with Crippen LogP contribution in [0.4, 0.5) is 0 Å². The van der Waals surface area contributed by atoms with Gasteiger partial charge in [-0.25, -0.2) is 9.59 Å². The number of halogens is 1. The predicted octanol–water partition coefficient (Wildman–Crippen LogP) is 3.15. The summed E-state index contributed by atoms with van der Waals surface area (Å²) in [6, 6.07) is 14.0. The Morgan fingerprint density at radius 3 is 2.34 bits per heavy atom. The van der Waals surface area contributed by atoms with E-state index in [0.29, 0.717) is 24.2 Å². The number of aromatic nitrogens is 2. The molecule has 0 aliphatic carbocycles. The zero-order chi connectivity index (χ0) is 23.3. The number of aromatic carboxylic acids is 1. The summed E-state index contributed by atoms with van der Waals surface area (Å²) < 4.78 is 3.45. The van der Waals surface area contributed by atoms with E-state index in [0.717, 1.165) is 14.6 Å². The van der Waals surface area contributed by atoms with Gasteiger partial charge >= 0.3 is 11.7 Å². The zero-order valence-electron chi connectivity index (χ0n) is 17.3. The first-order valence-corrected chi connectivity index (χ1v) is 11.0. The van der Waals surface area contributed by atoms with Crippen molar-refractivity contribution in [3.8, 4) is 0 Å². The lowest BCUT2D eigenvalue weighted by molar-refractivity contribution is 0.0697. The molecule has 0 aliphatic rings. The van der Waals surface area contributed by atoms with E-state index >= 15 is 0 Å². The molecule has 9 heteroatoms. The smallest absolute Gasteiger partial charge is 0.335 e. The fourth-order valence-electron chi connectivity index (χ4n) is 3.08. The third-order valence-electron chi connectivity index (χ3n) is 4.88. The van der Waals surface area contributed by atoms with Crippen molar-refractivity contribution in [2.75, 3.05) is 6.54 Å². The van der Waals surface area contributed by atoms with E-state index in [-0.39, 0.29) is 17.1 Å². The van der Waals surface area contributed by atoms with Crippen LogP contribution in [0.2, 0.25) is 0 Å². The Hall–Kier alpha value is -2.88. The Labute approximate surface area is 198 Å². The molecular weight excluding hydrogens is 494 g/mol. The minimum Gasteiger partial charge on any atom is -0.478 e. The fraction of sp³-hybridized carbons (Fsp3) is 0.174. The first-order valence-electron chi connectivity index (χ1n) is 9.74. The SMILES string of the molecule is Cn1c(S)c(/C=C/CNCc2ccc(Br)cc2)c(=O)n(Cc2ccc(C(=O)O)cc2)c1=O. The summed E-state index contributed by atoms with van der Waals surface area (Å²) in [5, 5.41) is 12.6. The van der Waals surface area contributed by atoms with Crippen molar-refractivity contribution in [1.29, 1.82) is 0 Å². The number of carboxylic acid groups (broad SMARTS) is 1. The molecule has 0 radical (unpaired) electrons. The van der Waals surface area contributed by atoms with Crippen molar-refractivity contribution < 1.29 is 9.90 Å².